The topological polar surface area (TPSA) is 32.3 Å². The molecular formula is C15H21Cl2NOS. The van der Waals surface area contributed by atoms with E-state index < -0.39 is 6.10 Å². The summed E-state index contributed by atoms with van der Waals surface area (Å²) in [5.74, 6) is 1.14. The third-order valence-corrected chi connectivity index (χ3v) is 5.63. The van der Waals surface area contributed by atoms with E-state index in [1.807, 2.05) is 11.8 Å². The van der Waals surface area contributed by atoms with Crippen molar-refractivity contribution in [1.29, 1.82) is 0 Å². The summed E-state index contributed by atoms with van der Waals surface area (Å²) in [7, 11) is 0. The molecule has 5 heteroatoms. The van der Waals surface area contributed by atoms with Gasteiger partial charge in [0.05, 0.1) is 6.10 Å². The van der Waals surface area contributed by atoms with Crippen LogP contribution in [0.1, 0.15) is 37.9 Å². The van der Waals surface area contributed by atoms with Crippen molar-refractivity contribution in [3.63, 3.8) is 0 Å². The third kappa shape index (κ3) is 4.28. The molecule has 0 bridgehead atoms. The molecule has 3 unspecified atom stereocenters. The maximum absolute atomic E-state index is 10.3. The van der Waals surface area contributed by atoms with Crippen LogP contribution in [0.25, 0.3) is 0 Å². The lowest BCUT2D eigenvalue weighted by atomic mass is 10.1. The monoisotopic (exact) mass is 333 g/mol. The molecule has 0 amide bonds. The summed E-state index contributed by atoms with van der Waals surface area (Å²) in [6.07, 6.45) is 3.11. The van der Waals surface area contributed by atoms with Gasteiger partial charge < -0.3 is 10.4 Å². The summed E-state index contributed by atoms with van der Waals surface area (Å²) in [6.45, 7) is 2.71. The van der Waals surface area contributed by atoms with E-state index in [-0.39, 0.29) is 0 Å². The van der Waals surface area contributed by atoms with Crippen LogP contribution in [0.5, 0.6) is 0 Å². The molecule has 3 atom stereocenters. The average Bonchev–Trinajstić information content (AvgIpc) is 2.87. The summed E-state index contributed by atoms with van der Waals surface area (Å²) in [6, 6.07) is 5.70. The van der Waals surface area contributed by atoms with E-state index in [1.54, 1.807) is 18.2 Å². The van der Waals surface area contributed by atoms with Gasteiger partial charge in [-0.1, -0.05) is 36.5 Å². The van der Waals surface area contributed by atoms with Crippen molar-refractivity contribution in [1.82, 2.24) is 5.32 Å². The van der Waals surface area contributed by atoms with Gasteiger partial charge >= 0.3 is 0 Å². The van der Waals surface area contributed by atoms with Crippen LogP contribution in [0.3, 0.4) is 0 Å². The Labute approximate surface area is 135 Å². The van der Waals surface area contributed by atoms with Crippen LogP contribution in [0.15, 0.2) is 18.2 Å². The van der Waals surface area contributed by atoms with Crippen molar-refractivity contribution in [3.05, 3.63) is 33.8 Å². The molecule has 2 N–H and O–H groups in total. The Hall–Kier alpha value is 0.0700. The van der Waals surface area contributed by atoms with Gasteiger partial charge in [-0.05, 0) is 36.8 Å². The van der Waals surface area contributed by atoms with E-state index in [0.717, 1.165) is 5.75 Å². The van der Waals surface area contributed by atoms with Crippen LogP contribution in [0.4, 0.5) is 0 Å². The molecule has 0 heterocycles. The fourth-order valence-electron chi connectivity index (χ4n) is 2.72. The number of halogens is 2. The first-order chi connectivity index (χ1) is 9.61. The standard InChI is InChI=1S/C15H21Cl2NOS/c1-2-20-15-5-3-4-13(15)18-9-14(19)11-8-10(16)6-7-12(11)17/h6-8,13-15,18-19H,2-5,9H2,1H3. The zero-order chi connectivity index (χ0) is 14.5. The van der Waals surface area contributed by atoms with E-state index in [4.69, 9.17) is 23.2 Å². The minimum atomic E-state index is -0.617. The number of hydrogen-bond donors (Lipinski definition) is 2. The highest BCUT2D eigenvalue weighted by atomic mass is 35.5. The van der Waals surface area contributed by atoms with Crippen molar-refractivity contribution < 1.29 is 5.11 Å². The maximum Gasteiger partial charge on any atom is 0.0929 e. The van der Waals surface area contributed by atoms with Crippen LogP contribution < -0.4 is 5.32 Å². The minimum Gasteiger partial charge on any atom is -0.387 e. The van der Waals surface area contributed by atoms with Gasteiger partial charge in [0.2, 0.25) is 0 Å². The summed E-state index contributed by atoms with van der Waals surface area (Å²) in [5.41, 5.74) is 0.698. The smallest absolute Gasteiger partial charge is 0.0929 e. The number of aliphatic hydroxyl groups excluding tert-OH is 1. The fourth-order valence-corrected chi connectivity index (χ4v) is 4.37. The van der Waals surface area contributed by atoms with Gasteiger partial charge in [0, 0.05) is 33.4 Å². The SMILES string of the molecule is CCSC1CCCC1NCC(O)c1cc(Cl)ccc1Cl. The van der Waals surface area contributed by atoms with E-state index in [1.165, 1.54) is 19.3 Å². The number of nitrogens with one attached hydrogen (secondary N) is 1. The fraction of sp³-hybridized carbons (Fsp3) is 0.600. The number of hydrogen-bond acceptors (Lipinski definition) is 3. The number of rotatable bonds is 6. The third-order valence-electron chi connectivity index (χ3n) is 3.72. The summed E-state index contributed by atoms with van der Waals surface area (Å²) >= 11 is 14.1. The quantitative estimate of drug-likeness (QED) is 0.814. The molecule has 0 aliphatic heterocycles. The van der Waals surface area contributed by atoms with Crippen molar-refractivity contribution in [3.8, 4) is 0 Å². The molecule has 1 aromatic rings. The second-order valence-corrected chi connectivity index (χ2v) is 7.48. The van der Waals surface area contributed by atoms with Gasteiger partial charge in [-0.15, -0.1) is 0 Å². The first-order valence-corrected chi connectivity index (χ1v) is 8.90. The van der Waals surface area contributed by atoms with Crippen LogP contribution in [0.2, 0.25) is 10.0 Å². The van der Waals surface area contributed by atoms with Gasteiger partial charge in [0.1, 0.15) is 0 Å². The van der Waals surface area contributed by atoms with E-state index >= 15 is 0 Å². The Morgan fingerprint density at radius 1 is 1.40 bits per heavy atom. The molecule has 0 saturated heterocycles. The van der Waals surface area contributed by atoms with Crippen LogP contribution in [-0.2, 0) is 0 Å². The number of aliphatic hydroxyl groups is 1. The molecule has 0 radical (unpaired) electrons. The number of thioether (sulfide) groups is 1. The Morgan fingerprint density at radius 2 is 2.20 bits per heavy atom. The van der Waals surface area contributed by atoms with Crippen molar-refractivity contribution in [2.24, 2.45) is 0 Å². The first kappa shape index (κ1) is 16.4. The lowest BCUT2D eigenvalue weighted by Gasteiger charge is -2.22. The molecule has 0 aromatic heterocycles. The first-order valence-electron chi connectivity index (χ1n) is 7.09. The highest BCUT2D eigenvalue weighted by Gasteiger charge is 2.27. The lowest BCUT2D eigenvalue weighted by molar-refractivity contribution is 0.170. The summed E-state index contributed by atoms with van der Waals surface area (Å²) < 4.78 is 0. The molecular weight excluding hydrogens is 313 g/mol. The van der Waals surface area contributed by atoms with E-state index in [9.17, 15) is 5.11 Å². The molecule has 0 spiro atoms. The van der Waals surface area contributed by atoms with Gasteiger partial charge in [-0.3, -0.25) is 0 Å². The van der Waals surface area contributed by atoms with Gasteiger partial charge in [-0.2, -0.15) is 11.8 Å². The highest BCUT2D eigenvalue weighted by molar-refractivity contribution is 7.99. The molecule has 1 aliphatic rings. The van der Waals surface area contributed by atoms with Gasteiger partial charge in [0.25, 0.3) is 0 Å². The van der Waals surface area contributed by atoms with Crippen LogP contribution in [0, 0.1) is 0 Å². The number of benzene rings is 1. The molecule has 2 nitrogen and oxygen atoms in total. The molecule has 1 saturated carbocycles. The van der Waals surface area contributed by atoms with Crippen molar-refractivity contribution in [2.45, 2.75) is 43.6 Å². The second-order valence-electron chi connectivity index (χ2n) is 5.12. The van der Waals surface area contributed by atoms with Crippen LogP contribution >= 0.6 is 35.0 Å². The Morgan fingerprint density at radius 3 is 2.95 bits per heavy atom. The lowest BCUT2D eigenvalue weighted by Crippen LogP contribution is -2.37. The zero-order valence-electron chi connectivity index (χ0n) is 11.6. The zero-order valence-corrected chi connectivity index (χ0v) is 13.9. The second kappa shape index (κ2) is 7.90. The van der Waals surface area contributed by atoms with Gasteiger partial charge in [0.15, 0.2) is 0 Å². The Balaban J connectivity index is 1.91. The molecule has 2 rings (SSSR count). The molecule has 20 heavy (non-hydrogen) atoms. The summed E-state index contributed by atoms with van der Waals surface area (Å²) in [4.78, 5) is 0. The Bertz CT molecular complexity index is 444. The van der Waals surface area contributed by atoms with Crippen LogP contribution in [-0.4, -0.2) is 28.7 Å². The molecule has 1 fully saturated rings. The maximum atomic E-state index is 10.3. The Kier molecular flexibility index (Phi) is 6.50. The average molecular weight is 334 g/mol. The molecule has 1 aliphatic carbocycles. The summed E-state index contributed by atoms with van der Waals surface area (Å²) in [5, 5.41) is 15.6. The highest BCUT2D eigenvalue weighted by Crippen LogP contribution is 2.31. The van der Waals surface area contributed by atoms with E-state index in [0.29, 0.717) is 33.4 Å². The normalized spacial score (nSPS) is 24.0. The molecule has 112 valence electrons. The molecule has 1 aromatic carbocycles. The van der Waals surface area contributed by atoms with Gasteiger partial charge in [-0.25, -0.2) is 0 Å². The largest absolute Gasteiger partial charge is 0.387 e. The minimum absolute atomic E-state index is 0.493. The predicted octanol–water partition coefficient (Wildman–Crippen LogP) is 4.29. The van der Waals surface area contributed by atoms with E-state index in [2.05, 4.69) is 12.2 Å². The van der Waals surface area contributed by atoms with Crippen molar-refractivity contribution >= 4 is 35.0 Å². The van der Waals surface area contributed by atoms with Crippen molar-refractivity contribution in [2.75, 3.05) is 12.3 Å². The predicted molar refractivity (Wildman–Crippen MR) is 89.0 cm³/mol.